The zero-order valence-electron chi connectivity index (χ0n) is 15.4. The SMILES string of the molecule is COc1ccc(C(=O)CCC(=O)N(C)CC(O)C(O)C(O)C(O)CO)cc1. The molecule has 4 unspecified atom stereocenters. The molecule has 9 nitrogen and oxygen atoms in total. The van der Waals surface area contributed by atoms with Crippen LogP contribution in [0.5, 0.6) is 5.75 Å². The molecule has 1 amide bonds. The highest BCUT2D eigenvalue weighted by molar-refractivity contribution is 5.98. The van der Waals surface area contributed by atoms with Crippen molar-refractivity contribution in [1.29, 1.82) is 0 Å². The van der Waals surface area contributed by atoms with Crippen LogP contribution in [0.3, 0.4) is 0 Å². The van der Waals surface area contributed by atoms with Gasteiger partial charge in [-0.15, -0.1) is 0 Å². The van der Waals surface area contributed by atoms with E-state index in [1.54, 1.807) is 24.3 Å². The highest BCUT2D eigenvalue weighted by Gasteiger charge is 2.31. The first-order chi connectivity index (χ1) is 12.7. The first-order valence-corrected chi connectivity index (χ1v) is 8.45. The first kappa shape index (κ1) is 23.0. The highest BCUT2D eigenvalue weighted by Crippen LogP contribution is 2.14. The molecule has 0 bridgehead atoms. The van der Waals surface area contributed by atoms with Gasteiger partial charge < -0.3 is 35.2 Å². The molecule has 0 heterocycles. The van der Waals surface area contributed by atoms with E-state index in [0.29, 0.717) is 11.3 Å². The largest absolute Gasteiger partial charge is 0.497 e. The van der Waals surface area contributed by atoms with E-state index in [-0.39, 0.29) is 25.2 Å². The van der Waals surface area contributed by atoms with Gasteiger partial charge in [-0.2, -0.15) is 0 Å². The van der Waals surface area contributed by atoms with E-state index in [9.17, 15) is 30.0 Å². The van der Waals surface area contributed by atoms with Crippen LogP contribution >= 0.6 is 0 Å². The molecule has 5 N–H and O–H groups in total. The number of benzene rings is 1. The molecule has 0 aliphatic carbocycles. The Bertz CT molecular complexity index is 606. The maximum absolute atomic E-state index is 12.1. The number of methoxy groups -OCH3 is 1. The van der Waals surface area contributed by atoms with Gasteiger partial charge in [-0.3, -0.25) is 9.59 Å². The van der Waals surface area contributed by atoms with Crippen LogP contribution in [0.2, 0.25) is 0 Å². The van der Waals surface area contributed by atoms with Crippen molar-refractivity contribution in [2.24, 2.45) is 0 Å². The Labute approximate surface area is 157 Å². The highest BCUT2D eigenvalue weighted by atomic mass is 16.5. The Morgan fingerprint density at radius 2 is 1.56 bits per heavy atom. The van der Waals surface area contributed by atoms with Crippen molar-refractivity contribution in [3.8, 4) is 5.75 Å². The number of nitrogens with zero attached hydrogens (tertiary/aromatic N) is 1. The topological polar surface area (TPSA) is 148 Å². The van der Waals surface area contributed by atoms with Crippen molar-refractivity contribution in [1.82, 2.24) is 4.90 Å². The van der Waals surface area contributed by atoms with Crippen LogP contribution in [-0.2, 0) is 4.79 Å². The molecule has 1 aromatic rings. The summed E-state index contributed by atoms with van der Waals surface area (Å²) in [4.78, 5) is 25.3. The maximum Gasteiger partial charge on any atom is 0.222 e. The molecule has 152 valence electrons. The van der Waals surface area contributed by atoms with Crippen LogP contribution in [0.25, 0.3) is 0 Å². The third-order valence-electron chi connectivity index (χ3n) is 4.19. The van der Waals surface area contributed by atoms with Crippen molar-refractivity contribution in [2.45, 2.75) is 37.3 Å². The van der Waals surface area contributed by atoms with Crippen LogP contribution in [-0.4, -0.2) is 93.8 Å². The Morgan fingerprint density at radius 3 is 2.07 bits per heavy atom. The molecule has 0 saturated carbocycles. The molecule has 0 radical (unpaired) electrons. The second-order valence-corrected chi connectivity index (χ2v) is 6.22. The third kappa shape index (κ3) is 6.89. The van der Waals surface area contributed by atoms with Crippen molar-refractivity contribution in [2.75, 3.05) is 27.3 Å². The summed E-state index contributed by atoms with van der Waals surface area (Å²) in [5.74, 6) is -0.0369. The van der Waals surface area contributed by atoms with Crippen molar-refractivity contribution in [3.63, 3.8) is 0 Å². The molecule has 0 aromatic heterocycles. The number of ether oxygens (including phenoxy) is 1. The summed E-state index contributed by atoms with van der Waals surface area (Å²) >= 11 is 0. The number of aliphatic hydroxyl groups excluding tert-OH is 5. The van der Waals surface area contributed by atoms with Gasteiger partial charge >= 0.3 is 0 Å². The van der Waals surface area contributed by atoms with Gasteiger partial charge in [0.1, 0.15) is 30.2 Å². The lowest BCUT2D eigenvalue weighted by Crippen LogP contribution is -2.50. The fourth-order valence-corrected chi connectivity index (χ4v) is 2.39. The zero-order valence-corrected chi connectivity index (χ0v) is 15.4. The molecule has 0 saturated heterocycles. The summed E-state index contributed by atoms with van der Waals surface area (Å²) in [5.41, 5.74) is 0.447. The number of carbonyl (C=O) groups is 2. The number of Topliss-reactive ketones (excluding diaryl/α,β-unsaturated/α-hetero) is 1. The van der Waals surface area contributed by atoms with Gasteiger partial charge in [0, 0.05) is 32.0 Å². The molecule has 0 aliphatic rings. The monoisotopic (exact) mass is 385 g/mol. The van der Waals surface area contributed by atoms with E-state index in [1.165, 1.54) is 14.2 Å². The quantitative estimate of drug-likeness (QED) is 0.291. The lowest BCUT2D eigenvalue weighted by atomic mass is 10.0. The average Bonchev–Trinajstić information content (AvgIpc) is 2.69. The Hall–Kier alpha value is -2.04. The molecular formula is C18H27NO8. The Balaban J connectivity index is 2.50. The van der Waals surface area contributed by atoms with E-state index >= 15 is 0 Å². The first-order valence-electron chi connectivity index (χ1n) is 8.45. The molecule has 4 atom stereocenters. The second kappa shape index (κ2) is 11.0. The second-order valence-electron chi connectivity index (χ2n) is 6.22. The van der Waals surface area contributed by atoms with Gasteiger partial charge in [0.05, 0.1) is 13.7 Å². The molecule has 0 aliphatic heterocycles. The minimum absolute atomic E-state index is 0.0278. The van der Waals surface area contributed by atoms with Gasteiger partial charge in [0.2, 0.25) is 5.91 Å². The number of rotatable bonds is 11. The average molecular weight is 385 g/mol. The van der Waals surface area contributed by atoms with Crippen LogP contribution in [0, 0.1) is 0 Å². The number of likely N-dealkylation sites (N-methyl/N-ethyl adjacent to an activating group) is 1. The lowest BCUT2D eigenvalue weighted by Gasteiger charge is -2.28. The van der Waals surface area contributed by atoms with Crippen LogP contribution in [0.1, 0.15) is 23.2 Å². The normalized spacial score (nSPS) is 15.5. The van der Waals surface area contributed by atoms with Gasteiger partial charge in [0.25, 0.3) is 0 Å². The summed E-state index contributed by atoms with van der Waals surface area (Å²) in [6.45, 7) is -1.10. The van der Waals surface area contributed by atoms with Crippen molar-refractivity contribution < 1.29 is 39.9 Å². The molecule has 0 spiro atoms. The fourth-order valence-electron chi connectivity index (χ4n) is 2.39. The number of hydrogen-bond acceptors (Lipinski definition) is 8. The maximum atomic E-state index is 12.1. The zero-order chi connectivity index (χ0) is 20.6. The van der Waals surface area contributed by atoms with E-state index in [4.69, 9.17) is 9.84 Å². The summed E-state index contributed by atoms with van der Waals surface area (Å²) in [6.07, 6.45) is -6.77. The smallest absolute Gasteiger partial charge is 0.222 e. The summed E-state index contributed by atoms with van der Waals surface area (Å²) in [7, 11) is 2.89. The van der Waals surface area contributed by atoms with Gasteiger partial charge in [-0.1, -0.05) is 0 Å². The predicted octanol–water partition coefficient (Wildman–Crippen LogP) is -1.45. The molecule has 1 aromatic carbocycles. The number of aliphatic hydroxyl groups is 5. The van der Waals surface area contributed by atoms with Gasteiger partial charge in [-0.25, -0.2) is 0 Å². The molecular weight excluding hydrogens is 358 g/mol. The van der Waals surface area contributed by atoms with Crippen molar-refractivity contribution in [3.05, 3.63) is 29.8 Å². The van der Waals surface area contributed by atoms with E-state index in [1.807, 2.05) is 0 Å². The molecule has 27 heavy (non-hydrogen) atoms. The summed E-state index contributed by atoms with van der Waals surface area (Å²) in [6, 6.07) is 6.49. The van der Waals surface area contributed by atoms with Crippen LogP contribution < -0.4 is 4.74 Å². The van der Waals surface area contributed by atoms with E-state index in [2.05, 4.69) is 0 Å². The Morgan fingerprint density at radius 1 is 1.00 bits per heavy atom. The minimum atomic E-state index is -1.76. The van der Waals surface area contributed by atoms with Gasteiger partial charge in [-0.05, 0) is 24.3 Å². The minimum Gasteiger partial charge on any atom is -0.497 e. The standard InChI is InChI=1S/C18H27NO8/c1-19(9-14(22)17(25)18(26)15(23)10-20)16(24)8-7-13(21)11-3-5-12(27-2)6-4-11/h3-6,14-15,17-18,20,22-23,25-26H,7-10H2,1-2H3. The van der Waals surface area contributed by atoms with Crippen LogP contribution in [0.15, 0.2) is 24.3 Å². The number of amides is 1. The van der Waals surface area contributed by atoms with E-state index < -0.39 is 36.9 Å². The summed E-state index contributed by atoms with van der Waals surface area (Å²) in [5, 5.41) is 47.2. The lowest BCUT2D eigenvalue weighted by molar-refractivity contribution is -0.137. The number of hydrogen-bond donors (Lipinski definition) is 5. The molecule has 1 rings (SSSR count). The molecule has 9 heteroatoms. The Kier molecular flexibility index (Phi) is 9.33. The molecule has 0 fully saturated rings. The van der Waals surface area contributed by atoms with Gasteiger partial charge in [0.15, 0.2) is 5.78 Å². The summed E-state index contributed by atoms with van der Waals surface area (Å²) < 4.78 is 5.01. The third-order valence-corrected chi connectivity index (χ3v) is 4.19. The van der Waals surface area contributed by atoms with Crippen LogP contribution in [0.4, 0.5) is 0 Å². The number of carbonyl (C=O) groups excluding carboxylic acids is 2. The number of ketones is 1. The van der Waals surface area contributed by atoms with Crippen molar-refractivity contribution >= 4 is 11.7 Å². The fraction of sp³-hybridized carbons (Fsp3) is 0.556. The van der Waals surface area contributed by atoms with E-state index in [0.717, 1.165) is 4.90 Å². The predicted molar refractivity (Wildman–Crippen MR) is 95.3 cm³/mol.